The van der Waals surface area contributed by atoms with Crippen LogP contribution in [0.15, 0.2) is 58.3 Å². The molecular formula is C19H25N3O4S2. The highest BCUT2D eigenvalue weighted by atomic mass is 32.2. The van der Waals surface area contributed by atoms with Crippen LogP contribution < -0.4 is 9.62 Å². The van der Waals surface area contributed by atoms with Crippen molar-refractivity contribution in [3.63, 3.8) is 0 Å². The molecule has 0 radical (unpaired) electrons. The number of para-hydroxylation sites is 2. The van der Waals surface area contributed by atoms with Gasteiger partial charge in [0.2, 0.25) is 10.0 Å². The van der Waals surface area contributed by atoms with E-state index < -0.39 is 20.0 Å². The van der Waals surface area contributed by atoms with Crippen molar-refractivity contribution in [2.24, 2.45) is 0 Å². The third kappa shape index (κ3) is 4.01. The van der Waals surface area contributed by atoms with Crippen LogP contribution in [-0.2, 0) is 20.0 Å². The zero-order valence-corrected chi connectivity index (χ0v) is 17.8. The lowest BCUT2D eigenvalue weighted by Crippen LogP contribution is -2.37. The lowest BCUT2D eigenvalue weighted by Gasteiger charge is -2.37. The van der Waals surface area contributed by atoms with E-state index >= 15 is 0 Å². The summed E-state index contributed by atoms with van der Waals surface area (Å²) in [6.07, 6.45) is 3.38. The van der Waals surface area contributed by atoms with Gasteiger partial charge in [0.05, 0.1) is 21.2 Å². The third-order valence-electron chi connectivity index (χ3n) is 5.06. The van der Waals surface area contributed by atoms with Crippen LogP contribution in [-0.4, -0.2) is 48.3 Å². The second kappa shape index (κ2) is 7.73. The summed E-state index contributed by atoms with van der Waals surface area (Å²) in [5.41, 5.74) is 1.32. The van der Waals surface area contributed by atoms with Crippen molar-refractivity contribution in [1.29, 1.82) is 0 Å². The number of anilines is 2. The second-order valence-electron chi connectivity index (χ2n) is 7.08. The first kappa shape index (κ1) is 20.6. The Hall–Kier alpha value is -2.10. The molecule has 2 aromatic carbocycles. The average molecular weight is 424 g/mol. The lowest BCUT2D eigenvalue weighted by molar-refractivity contribution is 0.401. The van der Waals surface area contributed by atoms with Gasteiger partial charge in [0.1, 0.15) is 0 Å². The topological polar surface area (TPSA) is 86.8 Å². The van der Waals surface area contributed by atoms with Crippen molar-refractivity contribution in [2.45, 2.75) is 35.1 Å². The van der Waals surface area contributed by atoms with E-state index in [2.05, 4.69) is 9.62 Å². The molecule has 1 aliphatic rings. The molecule has 28 heavy (non-hydrogen) atoms. The van der Waals surface area contributed by atoms with Gasteiger partial charge in [-0.2, -0.15) is 0 Å². The van der Waals surface area contributed by atoms with Gasteiger partial charge in [-0.25, -0.2) is 21.1 Å². The highest BCUT2D eigenvalue weighted by Gasteiger charge is 2.25. The largest absolute Gasteiger partial charge is 0.370 e. The van der Waals surface area contributed by atoms with Crippen molar-refractivity contribution in [3.8, 4) is 0 Å². The van der Waals surface area contributed by atoms with Gasteiger partial charge in [0, 0.05) is 27.2 Å². The summed E-state index contributed by atoms with van der Waals surface area (Å²) in [5.74, 6) is 0. The van der Waals surface area contributed by atoms with Crippen LogP contribution in [0.25, 0.3) is 0 Å². The Morgan fingerprint density at radius 3 is 1.96 bits per heavy atom. The van der Waals surface area contributed by atoms with Crippen LogP contribution in [0.2, 0.25) is 0 Å². The van der Waals surface area contributed by atoms with Crippen LogP contribution in [0.5, 0.6) is 0 Å². The van der Waals surface area contributed by atoms with Crippen molar-refractivity contribution in [3.05, 3.63) is 48.5 Å². The highest BCUT2D eigenvalue weighted by molar-refractivity contribution is 7.92. The second-order valence-corrected chi connectivity index (χ2v) is 10.9. The van der Waals surface area contributed by atoms with Crippen LogP contribution in [0.1, 0.15) is 19.3 Å². The summed E-state index contributed by atoms with van der Waals surface area (Å²) in [7, 11) is -2.64. The third-order valence-corrected chi connectivity index (χ3v) is 8.27. The number of benzene rings is 2. The van der Waals surface area contributed by atoms with Gasteiger partial charge in [-0.05, 0) is 55.7 Å². The van der Waals surface area contributed by atoms with Gasteiger partial charge < -0.3 is 4.90 Å². The van der Waals surface area contributed by atoms with Gasteiger partial charge in [-0.1, -0.05) is 12.1 Å². The van der Waals surface area contributed by atoms with E-state index in [1.165, 1.54) is 44.8 Å². The van der Waals surface area contributed by atoms with Crippen LogP contribution >= 0.6 is 0 Å². The van der Waals surface area contributed by atoms with Crippen molar-refractivity contribution in [1.82, 2.24) is 4.31 Å². The van der Waals surface area contributed by atoms with Crippen molar-refractivity contribution in [2.75, 3.05) is 30.8 Å². The molecule has 0 spiro atoms. The summed E-state index contributed by atoms with van der Waals surface area (Å²) in [5, 5.41) is 0. The van der Waals surface area contributed by atoms with Gasteiger partial charge in [0.15, 0.2) is 0 Å². The molecule has 1 fully saturated rings. The van der Waals surface area contributed by atoms with Gasteiger partial charge in [0.25, 0.3) is 10.0 Å². The summed E-state index contributed by atoms with van der Waals surface area (Å²) in [6.45, 7) is 0. The standard InChI is InChI=1S/C19H25N3O4S2/c1-21(2)28(25,26)17-13-11-16(12-14-17)27(23,24)20-18-9-4-5-10-19(18)22(3)15-7-6-8-15/h4-5,9-15,20H,6-8H2,1-3H3. The molecule has 0 bridgehead atoms. The zero-order chi connectivity index (χ0) is 20.5. The molecule has 1 aliphatic carbocycles. The minimum Gasteiger partial charge on any atom is -0.370 e. The number of nitrogens with one attached hydrogen (secondary N) is 1. The molecule has 0 saturated heterocycles. The first-order chi connectivity index (χ1) is 13.1. The fraction of sp³-hybridized carbons (Fsp3) is 0.368. The van der Waals surface area contributed by atoms with Crippen LogP contribution in [0.3, 0.4) is 0 Å². The number of nitrogens with zero attached hydrogens (tertiary/aromatic N) is 2. The van der Waals surface area contributed by atoms with Crippen molar-refractivity contribution >= 4 is 31.4 Å². The molecule has 152 valence electrons. The van der Waals surface area contributed by atoms with E-state index in [0.29, 0.717) is 11.7 Å². The maximum Gasteiger partial charge on any atom is 0.261 e. The van der Waals surface area contributed by atoms with E-state index in [4.69, 9.17) is 0 Å². The predicted octanol–water partition coefficient (Wildman–Crippen LogP) is 2.73. The molecule has 0 atom stereocenters. The SMILES string of the molecule is CN(c1ccccc1NS(=O)(=O)c1ccc(S(=O)(=O)N(C)C)cc1)C1CCC1. The first-order valence-corrected chi connectivity index (χ1v) is 11.9. The Labute approximate surface area is 167 Å². The Balaban J connectivity index is 1.87. The maximum absolute atomic E-state index is 12.8. The molecule has 0 aromatic heterocycles. The minimum absolute atomic E-state index is 0.00584. The Kier molecular flexibility index (Phi) is 5.69. The van der Waals surface area contributed by atoms with E-state index in [1.54, 1.807) is 12.1 Å². The average Bonchev–Trinajstić information content (AvgIpc) is 2.60. The summed E-state index contributed by atoms with van der Waals surface area (Å²) in [6, 6.07) is 12.9. The zero-order valence-electron chi connectivity index (χ0n) is 16.2. The molecule has 2 aromatic rings. The number of sulfonamides is 2. The lowest BCUT2D eigenvalue weighted by atomic mass is 9.91. The Morgan fingerprint density at radius 1 is 0.857 bits per heavy atom. The van der Waals surface area contributed by atoms with E-state index in [9.17, 15) is 16.8 Å². The normalized spacial score (nSPS) is 15.3. The van der Waals surface area contributed by atoms with Gasteiger partial charge in [-0.15, -0.1) is 0 Å². The molecular weight excluding hydrogens is 398 g/mol. The smallest absolute Gasteiger partial charge is 0.261 e. The molecule has 1 saturated carbocycles. The Morgan fingerprint density at radius 2 is 1.43 bits per heavy atom. The molecule has 0 amide bonds. The monoisotopic (exact) mass is 423 g/mol. The summed E-state index contributed by atoms with van der Waals surface area (Å²) >= 11 is 0. The number of hydrogen-bond acceptors (Lipinski definition) is 5. The first-order valence-electron chi connectivity index (χ1n) is 9.00. The van der Waals surface area contributed by atoms with Gasteiger partial charge in [-0.3, -0.25) is 4.72 Å². The molecule has 0 aliphatic heterocycles. The van der Waals surface area contributed by atoms with Gasteiger partial charge >= 0.3 is 0 Å². The highest BCUT2D eigenvalue weighted by Crippen LogP contribution is 2.33. The Bertz CT molecular complexity index is 1040. The van der Waals surface area contributed by atoms with E-state index in [-0.39, 0.29) is 9.79 Å². The molecule has 0 unspecified atom stereocenters. The van der Waals surface area contributed by atoms with Crippen LogP contribution in [0, 0.1) is 0 Å². The summed E-state index contributed by atoms with van der Waals surface area (Å²) < 4.78 is 53.7. The number of rotatable bonds is 7. The molecule has 0 heterocycles. The van der Waals surface area contributed by atoms with E-state index in [1.807, 2.05) is 19.2 Å². The molecule has 1 N–H and O–H groups in total. The predicted molar refractivity (Wildman–Crippen MR) is 111 cm³/mol. The van der Waals surface area contributed by atoms with Crippen molar-refractivity contribution < 1.29 is 16.8 Å². The molecule has 9 heteroatoms. The molecule has 7 nitrogen and oxygen atoms in total. The van der Waals surface area contributed by atoms with E-state index in [0.717, 1.165) is 22.8 Å². The number of hydrogen-bond donors (Lipinski definition) is 1. The fourth-order valence-electron chi connectivity index (χ4n) is 3.04. The minimum atomic E-state index is -3.85. The molecule has 3 rings (SSSR count). The van der Waals surface area contributed by atoms with Crippen LogP contribution in [0.4, 0.5) is 11.4 Å². The quantitative estimate of drug-likeness (QED) is 0.740. The summed E-state index contributed by atoms with van der Waals surface area (Å²) in [4.78, 5) is 2.15. The maximum atomic E-state index is 12.8. The fourth-order valence-corrected chi connectivity index (χ4v) is 5.02.